The summed E-state index contributed by atoms with van der Waals surface area (Å²) in [7, 11) is 0. The molecule has 0 saturated carbocycles. The van der Waals surface area contributed by atoms with E-state index in [2.05, 4.69) is 10.3 Å². The smallest absolute Gasteiger partial charge is 0.411 e. The van der Waals surface area contributed by atoms with Crippen LogP contribution in [0.4, 0.5) is 10.5 Å². The molecule has 22 heavy (non-hydrogen) atoms. The SMILES string of the molecule is O=C(Nc1ccccc1)OCCSc1cccc2nccn12. The first-order valence-electron chi connectivity index (χ1n) is 6.86. The van der Waals surface area contributed by atoms with E-state index in [1.54, 1.807) is 18.0 Å². The summed E-state index contributed by atoms with van der Waals surface area (Å²) < 4.78 is 7.17. The summed E-state index contributed by atoms with van der Waals surface area (Å²) in [6, 6.07) is 15.2. The van der Waals surface area contributed by atoms with E-state index in [0.717, 1.165) is 16.4 Å². The topological polar surface area (TPSA) is 55.6 Å². The third-order valence-corrected chi connectivity index (χ3v) is 3.98. The van der Waals surface area contributed by atoms with Gasteiger partial charge < -0.3 is 4.74 Å². The van der Waals surface area contributed by atoms with Crippen molar-refractivity contribution >= 4 is 29.2 Å². The lowest BCUT2D eigenvalue weighted by Crippen LogP contribution is -2.15. The van der Waals surface area contributed by atoms with E-state index in [9.17, 15) is 4.79 Å². The van der Waals surface area contributed by atoms with Crippen molar-refractivity contribution in [3.8, 4) is 0 Å². The summed E-state index contributed by atoms with van der Waals surface area (Å²) in [5, 5.41) is 3.75. The molecule has 3 rings (SSSR count). The number of carbonyl (C=O) groups excluding carboxylic acids is 1. The maximum atomic E-state index is 11.6. The molecule has 0 saturated heterocycles. The molecule has 5 nitrogen and oxygen atoms in total. The Kier molecular flexibility index (Phi) is 4.60. The first-order valence-corrected chi connectivity index (χ1v) is 7.85. The van der Waals surface area contributed by atoms with Crippen LogP contribution < -0.4 is 5.32 Å². The van der Waals surface area contributed by atoms with Gasteiger partial charge in [0.1, 0.15) is 12.3 Å². The van der Waals surface area contributed by atoms with Crippen molar-refractivity contribution in [1.29, 1.82) is 0 Å². The number of anilines is 1. The maximum absolute atomic E-state index is 11.6. The van der Waals surface area contributed by atoms with Crippen LogP contribution in [0.1, 0.15) is 0 Å². The van der Waals surface area contributed by atoms with E-state index >= 15 is 0 Å². The number of para-hydroxylation sites is 1. The van der Waals surface area contributed by atoms with Crippen LogP contribution in [0.2, 0.25) is 0 Å². The minimum Gasteiger partial charge on any atom is -0.448 e. The number of carbonyl (C=O) groups is 1. The highest BCUT2D eigenvalue weighted by atomic mass is 32.2. The number of thioether (sulfide) groups is 1. The number of ether oxygens (including phenoxy) is 1. The summed E-state index contributed by atoms with van der Waals surface area (Å²) in [6.07, 6.45) is 3.25. The Balaban J connectivity index is 1.46. The fraction of sp³-hybridized carbons (Fsp3) is 0.125. The van der Waals surface area contributed by atoms with Crippen molar-refractivity contribution in [1.82, 2.24) is 9.38 Å². The summed E-state index contributed by atoms with van der Waals surface area (Å²) >= 11 is 1.62. The highest BCUT2D eigenvalue weighted by Gasteiger charge is 2.04. The number of fused-ring (bicyclic) bond motifs is 1. The van der Waals surface area contributed by atoms with Gasteiger partial charge in [-0.3, -0.25) is 9.72 Å². The largest absolute Gasteiger partial charge is 0.448 e. The monoisotopic (exact) mass is 313 g/mol. The van der Waals surface area contributed by atoms with Gasteiger partial charge >= 0.3 is 6.09 Å². The Hall–Kier alpha value is -2.47. The molecule has 0 bridgehead atoms. The lowest BCUT2D eigenvalue weighted by atomic mass is 10.3. The quantitative estimate of drug-likeness (QED) is 0.577. The molecule has 1 N–H and O–H groups in total. The molecule has 0 radical (unpaired) electrons. The van der Waals surface area contributed by atoms with Crippen molar-refractivity contribution in [2.75, 3.05) is 17.7 Å². The van der Waals surface area contributed by atoms with E-state index in [-0.39, 0.29) is 0 Å². The van der Waals surface area contributed by atoms with E-state index in [1.165, 1.54) is 0 Å². The molecule has 1 aromatic carbocycles. The molecule has 0 spiro atoms. The molecule has 0 atom stereocenters. The van der Waals surface area contributed by atoms with Gasteiger partial charge in [0.2, 0.25) is 0 Å². The third-order valence-electron chi connectivity index (χ3n) is 2.98. The highest BCUT2D eigenvalue weighted by Crippen LogP contribution is 2.18. The molecule has 3 aromatic rings. The van der Waals surface area contributed by atoms with Crippen molar-refractivity contribution in [3.63, 3.8) is 0 Å². The number of aromatic nitrogens is 2. The van der Waals surface area contributed by atoms with Gasteiger partial charge in [-0.1, -0.05) is 24.3 Å². The number of imidazole rings is 1. The predicted octanol–water partition coefficient (Wildman–Crippen LogP) is 3.68. The molecule has 2 heterocycles. The Bertz CT molecular complexity index is 758. The van der Waals surface area contributed by atoms with Crippen molar-refractivity contribution in [2.24, 2.45) is 0 Å². The number of pyridine rings is 1. The highest BCUT2D eigenvalue weighted by molar-refractivity contribution is 7.99. The van der Waals surface area contributed by atoms with Gasteiger partial charge in [0.25, 0.3) is 0 Å². The van der Waals surface area contributed by atoms with E-state index in [1.807, 2.05) is 59.1 Å². The number of nitrogens with one attached hydrogen (secondary N) is 1. The minimum atomic E-state index is -0.437. The molecular weight excluding hydrogens is 298 g/mol. The zero-order valence-corrected chi connectivity index (χ0v) is 12.6. The molecular formula is C16H15N3O2S. The Morgan fingerprint density at radius 3 is 2.91 bits per heavy atom. The summed E-state index contributed by atoms with van der Waals surface area (Å²) in [6.45, 7) is 0.342. The van der Waals surface area contributed by atoms with Gasteiger partial charge in [0.15, 0.2) is 0 Å². The van der Waals surface area contributed by atoms with Gasteiger partial charge in [-0.2, -0.15) is 0 Å². The molecule has 0 aliphatic carbocycles. The van der Waals surface area contributed by atoms with Gasteiger partial charge in [-0.05, 0) is 24.3 Å². The average Bonchev–Trinajstić information content (AvgIpc) is 3.02. The van der Waals surface area contributed by atoms with Crippen LogP contribution in [0.5, 0.6) is 0 Å². The van der Waals surface area contributed by atoms with Crippen LogP contribution in [-0.2, 0) is 4.74 Å². The number of hydrogen-bond acceptors (Lipinski definition) is 4. The normalized spacial score (nSPS) is 10.5. The first-order chi connectivity index (χ1) is 10.8. The summed E-state index contributed by atoms with van der Waals surface area (Å²) in [5.41, 5.74) is 1.64. The third kappa shape index (κ3) is 3.59. The number of nitrogens with zero attached hydrogens (tertiary/aromatic N) is 2. The van der Waals surface area contributed by atoms with Crippen LogP contribution >= 0.6 is 11.8 Å². The molecule has 112 valence electrons. The lowest BCUT2D eigenvalue weighted by Gasteiger charge is -2.07. The predicted molar refractivity (Wildman–Crippen MR) is 87.3 cm³/mol. The van der Waals surface area contributed by atoms with Crippen LogP contribution in [0.25, 0.3) is 5.65 Å². The van der Waals surface area contributed by atoms with Gasteiger partial charge in [0, 0.05) is 23.8 Å². The average molecular weight is 313 g/mol. The molecule has 0 aliphatic heterocycles. The Labute approximate surface area is 132 Å². The minimum absolute atomic E-state index is 0.342. The number of rotatable bonds is 5. The fourth-order valence-electron chi connectivity index (χ4n) is 2.00. The maximum Gasteiger partial charge on any atom is 0.411 e. The van der Waals surface area contributed by atoms with Crippen molar-refractivity contribution < 1.29 is 9.53 Å². The van der Waals surface area contributed by atoms with Gasteiger partial charge in [-0.15, -0.1) is 11.8 Å². The van der Waals surface area contributed by atoms with Crippen molar-refractivity contribution in [2.45, 2.75) is 5.03 Å². The lowest BCUT2D eigenvalue weighted by molar-refractivity contribution is 0.169. The first kappa shape index (κ1) is 14.5. The second kappa shape index (κ2) is 7.00. The zero-order valence-electron chi connectivity index (χ0n) is 11.8. The van der Waals surface area contributed by atoms with Crippen LogP contribution in [0.3, 0.4) is 0 Å². The second-order valence-corrected chi connectivity index (χ2v) is 5.61. The van der Waals surface area contributed by atoms with Gasteiger partial charge in [-0.25, -0.2) is 9.78 Å². The molecule has 6 heteroatoms. The second-order valence-electron chi connectivity index (χ2n) is 4.49. The van der Waals surface area contributed by atoms with E-state index in [0.29, 0.717) is 12.4 Å². The molecule has 2 aromatic heterocycles. The Morgan fingerprint density at radius 1 is 1.18 bits per heavy atom. The summed E-state index contributed by atoms with van der Waals surface area (Å²) in [5.74, 6) is 0.680. The molecule has 0 aliphatic rings. The fourth-order valence-corrected chi connectivity index (χ4v) is 2.84. The Morgan fingerprint density at radius 2 is 2.05 bits per heavy atom. The zero-order chi connectivity index (χ0) is 15.2. The molecule has 0 unspecified atom stereocenters. The number of hydrogen-bond donors (Lipinski definition) is 1. The van der Waals surface area contributed by atoms with Crippen molar-refractivity contribution in [3.05, 3.63) is 60.9 Å². The van der Waals surface area contributed by atoms with Gasteiger partial charge in [0.05, 0.1) is 5.03 Å². The van der Waals surface area contributed by atoms with Crippen LogP contribution in [-0.4, -0.2) is 27.8 Å². The number of amides is 1. The van der Waals surface area contributed by atoms with E-state index < -0.39 is 6.09 Å². The van der Waals surface area contributed by atoms with E-state index in [4.69, 9.17) is 4.74 Å². The number of benzene rings is 1. The summed E-state index contributed by atoms with van der Waals surface area (Å²) in [4.78, 5) is 15.9. The molecule has 1 amide bonds. The van der Waals surface area contributed by atoms with Crippen LogP contribution in [0.15, 0.2) is 66.0 Å². The van der Waals surface area contributed by atoms with Crippen LogP contribution in [0, 0.1) is 0 Å². The standard InChI is InChI=1S/C16H15N3O2S/c20-16(18-13-5-2-1-3-6-13)21-11-12-22-15-8-4-7-14-17-9-10-19(14)15/h1-10H,11-12H2,(H,18,20). The molecule has 0 fully saturated rings.